The van der Waals surface area contributed by atoms with Crippen LogP contribution in [0.25, 0.3) is 11.2 Å². The van der Waals surface area contributed by atoms with Crippen molar-refractivity contribution >= 4 is 11.2 Å². The smallest absolute Gasteiger partial charge is 0.161 e. The highest BCUT2D eigenvalue weighted by Crippen LogP contribution is 2.29. The van der Waals surface area contributed by atoms with Crippen LogP contribution in [0.3, 0.4) is 0 Å². The molecule has 5 heteroatoms. The number of aliphatic hydroxyl groups excluding tert-OH is 1. The van der Waals surface area contributed by atoms with Crippen LogP contribution < -0.4 is 0 Å². The van der Waals surface area contributed by atoms with Crippen LogP contribution in [0.2, 0.25) is 0 Å². The van der Waals surface area contributed by atoms with Crippen molar-refractivity contribution in [2.75, 3.05) is 20.2 Å². The average Bonchev–Trinajstić information content (AvgIpc) is 2.78. The molecule has 0 saturated carbocycles. The average molecular weight is 260 g/mol. The summed E-state index contributed by atoms with van der Waals surface area (Å²) < 4.78 is 2.21. The lowest BCUT2D eigenvalue weighted by Crippen LogP contribution is -2.34. The highest BCUT2D eigenvalue weighted by molar-refractivity contribution is 5.71. The Morgan fingerprint density at radius 3 is 3.11 bits per heavy atom. The molecule has 1 saturated heterocycles. The first-order chi connectivity index (χ1) is 9.31. The monoisotopic (exact) mass is 260 g/mol. The molecule has 2 aromatic rings. The van der Waals surface area contributed by atoms with Gasteiger partial charge in [0.1, 0.15) is 11.3 Å². The Labute approximate surface area is 112 Å². The molecule has 0 spiro atoms. The molecule has 3 rings (SSSR count). The molecule has 1 aliphatic rings. The maximum absolute atomic E-state index is 9.25. The van der Waals surface area contributed by atoms with Gasteiger partial charge < -0.3 is 5.11 Å². The Hall–Kier alpha value is -1.46. The van der Waals surface area contributed by atoms with Crippen molar-refractivity contribution in [1.29, 1.82) is 0 Å². The standard InChI is InChI=1S/C14H20N4O/c1-17-9-3-2-6-13(17)18-12(7-10-19)16-11-5-4-8-15-14(11)18/h4-5,8,13,19H,2-3,6-7,9-10H2,1H3. The molecular formula is C14H20N4O. The first kappa shape index (κ1) is 12.6. The lowest BCUT2D eigenvalue weighted by molar-refractivity contribution is 0.126. The van der Waals surface area contributed by atoms with E-state index in [1.54, 1.807) is 0 Å². The van der Waals surface area contributed by atoms with Gasteiger partial charge in [0.25, 0.3) is 0 Å². The molecular weight excluding hydrogens is 240 g/mol. The van der Waals surface area contributed by atoms with Crippen LogP contribution in [-0.2, 0) is 6.42 Å². The van der Waals surface area contributed by atoms with Gasteiger partial charge in [0.15, 0.2) is 5.65 Å². The maximum Gasteiger partial charge on any atom is 0.161 e. The molecule has 1 aliphatic heterocycles. The van der Waals surface area contributed by atoms with Crippen molar-refractivity contribution in [2.24, 2.45) is 0 Å². The minimum absolute atomic E-state index is 0.125. The summed E-state index contributed by atoms with van der Waals surface area (Å²) in [7, 11) is 2.15. The summed E-state index contributed by atoms with van der Waals surface area (Å²) in [5.74, 6) is 0.940. The van der Waals surface area contributed by atoms with Gasteiger partial charge in [-0.3, -0.25) is 9.47 Å². The van der Waals surface area contributed by atoms with Crippen LogP contribution in [0.15, 0.2) is 18.3 Å². The van der Waals surface area contributed by atoms with Gasteiger partial charge in [-0.1, -0.05) is 0 Å². The summed E-state index contributed by atoms with van der Waals surface area (Å²) in [6.45, 7) is 1.23. The number of likely N-dealkylation sites (tertiary alicyclic amines) is 1. The molecule has 1 fully saturated rings. The first-order valence-electron chi connectivity index (χ1n) is 6.94. The topological polar surface area (TPSA) is 54.2 Å². The van der Waals surface area contributed by atoms with E-state index in [-0.39, 0.29) is 6.61 Å². The fourth-order valence-electron chi connectivity index (χ4n) is 2.95. The Morgan fingerprint density at radius 1 is 1.42 bits per heavy atom. The van der Waals surface area contributed by atoms with Crippen LogP contribution in [0.4, 0.5) is 0 Å². The van der Waals surface area contributed by atoms with Gasteiger partial charge in [-0.05, 0) is 45.0 Å². The first-order valence-corrected chi connectivity index (χ1v) is 6.94. The molecule has 5 nitrogen and oxygen atoms in total. The van der Waals surface area contributed by atoms with E-state index in [1.165, 1.54) is 12.8 Å². The van der Waals surface area contributed by atoms with Crippen molar-refractivity contribution in [3.05, 3.63) is 24.2 Å². The third-order valence-electron chi connectivity index (χ3n) is 3.89. The lowest BCUT2D eigenvalue weighted by Gasteiger charge is -2.34. The third-order valence-corrected chi connectivity index (χ3v) is 3.89. The number of rotatable bonds is 3. The maximum atomic E-state index is 9.25. The van der Waals surface area contributed by atoms with Gasteiger partial charge in [-0.2, -0.15) is 0 Å². The van der Waals surface area contributed by atoms with Crippen molar-refractivity contribution in [2.45, 2.75) is 31.8 Å². The van der Waals surface area contributed by atoms with Crippen molar-refractivity contribution in [3.8, 4) is 0 Å². The van der Waals surface area contributed by atoms with Crippen LogP contribution in [0, 0.1) is 0 Å². The number of aliphatic hydroxyl groups is 1. The van der Waals surface area contributed by atoms with Gasteiger partial charge >= 0.3 is 0 Å². The SMILES string of the molecule is CN1CCCCC1n1c(CCO)nc2cccnc21. The zero-order valence-corrected chi connectivity index (χ0v) is 11.3. The second kappa shape index (κ2) is 5.27. The van der Waals surface area contributed by atoms with Crippen LogP contribution in [0.1, 0.15) is 31.3 Å². The molecule has 0 amide bonds. The fraction of sp³-hybridized carbons (Fsp3) is 0.571. The quantitative estimate of drug-likeness (QED) is 0.910. The summed E-state index contributed by atoms with van der Waals surface area (Å²) in [5.41, 5.74) is 1.86. The van der Waals surface area contributed by atoms with Crippen molar-refractivity contribution in [3.63, 3.8) is 0 Å². The van der Waals surface area contributed by atoms with Gasteiger partial charge in [-0.15, -0.1) is 0 Å². The van der Waals surface area contributed by atoms with E-state index in [0.29, 0.717) is 12.6 Å². The Balaban J connectivity index is 2.10. The molecule has 1 atom stereocenters. The van der Waals surface area contributed by atoms with Gasteiger partial charge in [0.2, 0.25) is 0 Å². The molecule has 0 radical (unpaired) electrons. The molecule has 1 N–H and O–H groups in total. The van der Waals surface area contributed by atoms with Crippen LogP contribution in [0.5, 0.6) is 0 Å². The van der Waals surface area contributed by atoms with E-state index in [9.17, 15) is 5.11 Å². The van der Waals surface area contributed by atoms with Gasteiger partial charge in [0.05, 0.1) is 12.8 Å². The summed E-state index contributed by atoms with van der Waals surface area (Å²) >= 11 is 0. The summed E-state index contributed by atoms with van der Waals surface area (Å²) in [5, 5.41) is 9.25. The highest BCUT2D eigenvalue weighted by atomic mass is 16.3. The molecule has 0 aliphatic carbocycles. The van der Waals surface area contributed by atoms with E-state index < -0.39 is 0 Å². The molecule has 2 aromatic heterocycles. The van der Waals surface area contributed by atoms with E-state index in [2.05, 4.69) is 26.5 Å². The number of pyridine rings is 1. The summed E-state index contributed by atoms with van der Waals surface area (Å²) in [4.78, 5) is 11.5. The Bertz CT molecular complexity index is 566. The van der Waals surface area contributed by atoms with E-state index in [4.69, 9.17) is 0 Å². The molecule has 19 heavy (non-hydrogen) atoms. The van der Waals surface area contributed by atoms with E-state index in [1.807, 2.05) is 18.3 Å². The normalized spacial score (nSPS) is 21.1. The molecule has 0 aromatic carbocycles. The summed E-state index contributed by atoms with van der Waals surface area (Å²) in [6, 6.07) is 3.90. The largest absolute Gasteiger partial charge is 0.396 e. The fourth-order valence-corrected chi connectivity index (χ4v) is 2.95. The van der Waals surface area contributed by atoms with E-state index >= 15 is 0 Å². The number of fused-ring (bicyclic) bond motifs is 1. The molecule has 102 valence electrons. The number of piperidine rings is 1. The Morgan fingerprint density at radius 2 is 2.32 bits per heavy atom. The molecule has 0 bridgehead atoms. The zero-order valence-electron chi connectivity index (χ0n) is 11.3. The second-order valence-electron chi connectivity index (χ2n) is 5.17. The van der Waals surface area contributed by atoms with Gasteiger partial charge in [0, 0.05) is 12.6 Å². The van der Waals surface area contributed by atoms with Crippen LogP contribution in [-0.4, -0.2) is 44.7 Å². The third kappa shape index (κ3) is 2.24. The van der Waals surface area contributed by atoms with Crippen LogP contribution >= 0.6 is 0 Å². The summed E-state index contributed by atoms with van der Waals surface area (Å²) in [6.07, 6.45) is 6.32. The highest BCUT2D eigenvalue weighted by Gasteiger charge is 2.25. The predicted octanol–water partition coefficient (Wildman–Crippen LogP) is 1.58. The number of aromatic nitrogens is 3. The predicted molar refractivity (Wildman–Crippen MR) is 73.8 cm³/mol. The number of imidazole rings is 1. The zero-order chi connectivity index (χ0) is 13.2. The molecule has 1 unspecified atom stereocenters. The lowest BCUT2D eigenvalue weighted by atomic mass is 10.1. The number of nitrogens with zero attached hydrogens (tertiary/aromatic N) is 4. The Kier molecular flexibility index (Phi) is 3.48. The minimum atomic E-state index is 0.125. The second-order valence-corrected chi connectivity index (χ2v) is 5.17. The van der Waals surface area contributed by atoms with Gasteiger partial charge in [-0.25, -0.2) is 9.97 Å². The van der Waals surface area contributed by atoms with Crippen molar-refractivity contribution < 1.29 is 5.11 Å². The number of hydrogen-bond acceptors (Lipinski definition) is 4. The minimum Gasteiger partial charge on any atom is -0.396 e. The number of hydrogen-bond donors (Lipinski definition) is 1. The van der Waals surface area contributed by atoms with E-state index in [0.717, 1.165) is 30.0 Å². The van der Waals surface area contributed by atoms with Crippen molar-refractivity contribution in [1.82, 2.24) is 19.4 Å². The molecule has 3 heterocycles.